The highest BCUT2D eigenvalue weighted by Gasteiger charge is 2.57. The zero-order chi connectivity index (χ0) is 58.4. The molecule has 0 bridgehead atoms. The van der Waals surface area contributed by atoms with Crippen molar-refractivity contribution in [3.63, 3.8) is 0 Å². The van der Waals surface area contributed by atoms with E-state index in [1.54, 1.807) is 0 Å². The van der Waals surface area contributed by atoms with Crippen LogP contribution in [0.15, 0.2) is 187 Å². The van der Waals surface area contributed by atoms with Crippen LogP contribution in [-0.4, -0.2) is 73.7 Å². The predicted molar refractivity (Wildman–Crippen MR) is 327 cm³/mol. The first-order valence-corrected chi connectivity index (χ1v) is 30.8. The van der Waals surface area contributed by atoms with Gasteiger partial charge in [-0.3, -0.25) is 4.79 Å². The Kier molecular flexibility index (Phi) is 27.3. The van der Waals surface area contributed by atoms with Gasteiger partial charge in [0, 0.05) is 10.8 Å². The average Bonchev–Trinajstić information content (AvgIpc) is 3.47. The van der Waals surface area contributed by atoms with E-state index >= 15 is 0 Å². The number of esters is 1. The Morgan fingerprint density at radius 2 is 0.833 bits per heavy atom. The quantitative estimate of drug-likeness (QED) is 0.0122. The monoisotopic (exact) mass is 1140 g/mol. The second kappa shape index (κ2) is 35.9. The van der Waals surface area contributed by atoms with Gasteiger partial charge in [0.05, 0.1) is 58.3 Å². The fourth-order valence-corrected chi connectivity index (χ4v) is 11.3. The highest BCUT2D eigenvalue weighted by atomic mass is 16.7. The Balaban J connectivity index is 1.14. The van der Waals surface area contributed by atoms with Crippen molar-refractivity contribution in [2.45, 2.75) is 199 Å². The molecule has 0 N–H and O–H groups in total. The summed E-state index contributed by atoms with van der Waals surface area (Å²) in [4.78, 5) is 18.2. The molecule has 2 aliphatic rings. The van der Waals surface area contributed by atoms with Crippen molar-refractivity contribution in [2.75, 3.05) is 6.61 Å². The maximum absolute atomic E-state index is 14.8. The molecular weight excluding hydrogens is 1050 g/mol. The summed E-state index contributed by atoms with van der Waals surface area (Å²) in [6, 6.07) is 58.4. The van der Waals surface area contributed by atoms with Crippen LogP contribution in [0.2, 0.25) is 0 Å². The van der Waals surface area contributed by atoms with Gasteiger partial charge in [-0.05, 0) is 45.3 Å². The van der Waals surface area contributed by atoms with Crippen LogP contribution in [-0.2, 0) is 87.1 Å². The lowest BCUT2D eigenvalue weighted by Gasteiger charge is -2.51. The van der Waals surface area contributed by atoms with Gasteiger partial charge in [-0.2, -0.15) is 0 Å². The lowest BCUT2D eigenvalue weighted by molar-refractivity contribution is -0.329. The fraction of sp³-hybridized carbons (Fsp3) is 0.479. The normalized spacial score (nSPS) is 23.5. The van der Waals surface area contributed by atoms with E-state index in [1.165, 1.54) is 51.4 Å². The van der Waals surface area contributed by atoms with Crippen LogP contribution >= 0.6 is 0 Å². The number of carbonyl (C=O) groups excluding carboxylic acids is 1. The zero-order valence-electron chi connectivity index (χ0n) is 49.6. The van der Waals surface area contributed by atoms with Gasteiger partial charge in [0.15, 0.2) is 6.29 Å². The molecular formula is C71H89N3O10. The first-order chi connectivity index (χ1) is 41.4. The Bertz CT molecular complexity index is 2760. The largest absolute Gasteiger partial charge is 0.459 e. The molecule has 6 unspecified atom stereocenters. The molecule has 1 saturated heterocycles. The van der Waals surface area contributed by atoms with Crippen LogP contribution in [0.1, 0.15) is 131 Å². The molecule has 8 rings (SSSR count). The van der Waals surface area contributed by atoms with Crippen molar-refractivity contribution >= 4 is 5.97 Å². The number of hydrogen-bond donors (Lipinski definition) is 0. The molecule has 1 heterocycles. The minimum atomic E-state index is -1.26. The van der Waals surface area contributed by atoms with Gasteiger partial charge >= 0.3 is 5.97 Å². The van der Waals surface area contributed by atoms with E-state index in [1.807, 2.05) is 196 Å². The Morgan fingerprint density at radius 1 is 0.476 bits per heavy atom. The highest BCUT2D eigenvalue weighted by molar-refractivity contribution is 5.72. The molecule has 6 aromatic carbocycles. The summed E-state index contributed by atoms with van der Waals surface area (Å²) >= 11 is 0. The molecule has 0 aromatic heterocycles. The van der Waals surface area contributed by atoms with E-state index in [-0.39, 0.29) is 51.5 Å². The molecule has 448 valence electrons. The third kappa shape index (κ3) is 20.2. The molecule has 6 aromatic rings. The number of nitrogens with zero attached hydrogens (tertiary/aromatic N) is 3. The van der Waals surface area contributed by atoms with E-state index in [0.717, 1.165) is 52.6 Å². The van der Waals surface area contributed by atoms with E-state index in [0.29, 0.717) is 13.0 Å². The lowest BCUT2D eigenvalue weighted by Crippen LogP contribution is -2.67. The van der Waals surface area contributed by atoms with E-state index in [9.17, 15) is 10.3 Å². The highest BCUT2D eigenvalue weighted by Crippen LogP contribution is 2.41. The van der Waals surface area contributed by atoms with Crippen LogP contribution in [0.4, 0.5) is 0 Å². The second-order valence-electron chi connectivity index (χ2n) is 22.6. The third-order valence-corrected chi connectivity index (χ3v) is 16.1. The van der Waals surface area contributed by atoms with Crippen LogP contribution < -0.4 is 0 Å². The van der Waals surface area contributed by atoms with Gasteiger partial charge in [0.1, 0.15) is 48.8 Å². The first kappa shape index (κ1) is 63.8. The van der Waals surface area contributed by atoms with Crippen LogP contribution in [0, 0.1) is 11.8 Å². The molecule has 84 heavy (non-hydrogen) atoms. The van der Waals surface area contributed by atoms with Crippen molar-refractivity contribution in [2.24, 2.45) is 17.0 Å². The van der Waals surface area contributed by atoms with Crippen LogP contribution in [0.25, 0.3) is 10.4 Å². The summed E-state index contributed by atoms with van der Waals surface area (Å²) in [5.41, 5.74) is 16.2. The molecule has 0 amide bonds. The Hall–Kier alpha value is -6.22. The summed E-state index contributed by atoms with van der Waals surface area (Å²) in [6.07, 6.45) is 5.95. The molecule has 13 heteroatoms. The van der Waals surface area contributed by atoms with Crippen molar-refractivity contribution < 1.29 is 47.4 Å². The minimum absolute atomic E-state index is 0.0754. The van der Waals surface area contributed by atoms with Gasteiger partial charge in [0.2, 0.25) is 0 Å². The maximum atomic E-state index is 14.8. The number of rotatable bonds is 36. The maximum Gasteiger partial charge on any atom is 0.309 e. The van der Waals surface area contributed by atoms with Crippen molar-refractivity contribution in [3.05, 3.63) is 226 Å². The number of azide groups is 1. The van der Waals surface area contributed by atoms with E-state index in [4.69, 9.17) is 42.6 Å². The molecule has 1 saturated carbocycles. The zero-order valence-corrected chi connectivity index (χ0v) is 49.6. The molecule has 1 aliphatic heterocycles. The average molecular weight is 1140 g/mol. The van der Waals surface area contributed by atoms with Gasteiger partial charge in [-0.1, -0.05) is 279 Å². The van der Waals surface area contributed by atoms with Gasteiger partial charge in [-0.25, -0.2) is 0 Å². The summed E-state index contributed by atoms with van der Waals surface area (Å²) in [5, 5.41) is 4.47. The van der Waals surface area contributed by atoms with E-state index < -0.39 is 67.1 Å². The number of ether oxygens (including phenoxy) is 9. The second-order valence-corrected chi connectivity index (χ2v) is 22.6. The van der Waals surface area contributed by atoms with Crippen molar-refractivity contribution in [1.29, 1.82) is 0 Å². The predicted octanol–water partition coefficient (Wildman–Crippen LogP) is 15.8. The Labute approximate surface area is 499 Å². The van der Waals surface area contributed by atoms with Crippen molar-refractivity contribution in [3.8, 4) is 0 Å². The van der Waals surface area contributed by atoms with E-state index in [2.05, 4.69) is 16.9 Å². The SMILES string of the molecule is CCCCCCCCCCCCCC(C)C(=O)O[C@@H]1C(OCc2ccccc2)C(OCc2ccccc2)[C@H](OCc2ccccc2)[C@@H](O[C@@H]2OC(COCc3ccccc3)[C@H](OCc3ccccc3)[C@H](OCc3ccccc3)C2N=[N+]=[N-])C1C. The molecule has 2 fully saturated rings. The van der Waals surface area contributed by atoms with Gasteiger partial charge in [-0.15, -0.1) is 0 Å². The Morgan fingerprint density at radius 3 is 1.25 bits per heavy atom. The first-order valence-electron chi connectivity index (χ1n) is 30.8. The molecule has 0 spiro atoms. The number of unbranched alkanes of at least 4 members (excludes halogenated alkanes) is 10. The van der Waals surface area contributed by atoms with Crippen molar-refractivity contribution in [1.82, 2.24) is 0 Å². The standard InChI is InChI=1S/C71H89N3O10/c1-4-5-6-7-8-9-10-11-12-13-20-33-53(2)70(75)83-63-54(3)64(68(80-50-59-42-29-18-30-43-59)69(81-51-60-44-31-19-32-45-60)67(63)79-49-58-40-27-17-28-41-58)84-71-62(73-74-72)66(78-48-57-38-25-16-26-39-57)65(77-47-56-36-23-15-24-37-56)61(82-71)52-76-46-55-34-21-14-22-35-55/h14-19,21-32,34-45,53-54,61-69,71H,4-13,20,33,46-52H2,1-3H3/t53?,54?,61?,62?,63-,64-,65-,66+,67?,68+,69?,71-/m0/s1. The number of carbonyl (C=O) groups is 1. The van der Waals surface area contributed by atoms with Crippen LogP contribution in [0.3, 0.4) is 0 Å². The number of hydrogen-bond acceptors (Lipinski definition) is 11. The molecule has 1 aliphatic carbocycles. The molecule has 0 radical (unpaired) electrons. The number of benzene rings is 6. The fourth-order valence-electron chi connectivity index (χ4n) is 11.3. The summed E-state index contributed by atoms with van der Waals surface area (Å²) in [6.45, 7) is 7.58. The minimum Gasteiger partial charge on any atom is -0.459 e. The lowest BCUT2D eigenvalue weighted by atomic mass is 9.78. The molecule has 12 atom stereocenters. The van der Waals surface area contributed by atoms with Crippen LogP contribution in [0.5, 0.6) is 0 Å². The van der Waals surface area contributed by atoms with Gasteiger partial charge < -0.3 is 42.6 Å². The third-order valence-electron chi connectivity index (χ3n) is 16.1. The molecule has 13 nitrogen and oxygen atoms in total. The smallest absolute Gasteiger partial charge is 0.309 e. The summed E-state index contributed by atoms with van der Waals surface area (Å²) in [5.74, 6) is -1.32. The summed E-state index contributed by atoms with van der Waals surface area (Å²) < 4.78 is 63.1. The summed E-state index contributed by atoms with van der Waals surface area (Å²) in [7, 11) is 0. The topological polar surface area (TPSA) is 149 Å². The van der Waals surface area contributed by atoms with Gasteiger partial charge in [0.25, 0.3) is 0 Å².